The number of carbonyl (C=O) groups is 2. The third kappa shape index (κ3) is 9.78. The Kier molecular flexibility index (Phi) is 11.1. The smallest absolute Gasteiger partial charge is 0.306 e. The summed E-state index contributed by atoms with van der Waals surface area (Å²) >= 11 is 0. The molecule has 0 aliphatic heterocycles. The molecule has 0 N–H and O–H groups in total. The molecule has 2 unspecified atom stereocenters. The molecule has 0 fully saturated rings. The van der Waals surface area contributed by atoms with Gasteiger partial charge in [0.15, 0.2) is 0 Å². The van der Waals surface area contributed by atoms with Gasteiger partial charge in [-0.15, -0.1) is 0 Å². The van der Waals surface area contributed by atoms with Crippen LogP contribution < -0.4 is 0 Å². The van der Waals surface area contributed by atoms with E-state index in [1.165, 1.54) is 0 Å². The minimum atomic E-state index is -0.259. The van der Waals surface area contributed by atoms with Crippen molar-refractivity contribution < 1.29 is 23.8 Å². The van der Waals surface area contributed by atoms with Crippen molar-refractivity contribution in [3.63, 3.8) is 0 Å². The monoisotopic (exact) mass is 288 g/mol. The molecule has 5 nitrogen and oxygen atoms in total. The first-order valence-corrected chi connectivity index (χ1v) is 7.35. The van der Waals surface area contributed by atoms with Crippen LogP contribution in [-0.4, -0.2) is 38.4 Å². The van der Waals surface area contributed by atoms with Crippen LogP contribution in [0.15, 0.2) is 0 Å². The van der Waals surface area contributed by atoms with E-state index in [2.05, 4.69) is 0 Å². The van der Waals surface area contributed by atoms with Gasteiger partial charge in [-0.25, -0.2) is 0 Å². The molecule has 2 atom stereocenters. The highest BCUT2D eigenvalue weighted by Gasteiger charge is 2.16. The number of rotatable bonds is 11. The van der Waals surface area contributed by atoms with Crippen LogP contribution >= 0.6 is 0 Å². The van der Waals surface area contributed by atoms with E-state index >= 15 is 0 Å². The maximum atomic E-state index is 11.6. The summed E-state index contributed by atoms with van der Waals surface area (Å²) in [6, 6.07) is 0. The van der Waals surface area contributed by atoms with E-state index in [0.717, 1.165) is 12.8 Å². The lowest BCUT2D eigenvalue weighted by molar-refractivity contribution is -0.151. The molecule has 5 heteroatoms. The van der Waals surface area contributed by atoms with Crippen LogP contribution in [0.3, 0.4) is 0 Å². The maximum absolute atomic E-state index is 11.6. The molecule has 0 rings (SSSR count). The third-order valence-electron chi connectivity index (χ3n) is 3.12. The molecule has 0 aliphatic carbocycles. The van der Waals surface area contributed by atoms with Crippen LogP contribution in [0.2, 0.25) is 0 Å². The second kappa shape index (κ2) is 11.7. The highest BCUT2D eigenvalue weighted by molar-refractivity contribution is 5.72. The summed E-state index contributed by atoms with van der Waals surface area (Å²) in [7, 11) is 1.65. The first-order chi connectivity index (χ1) is 9.51. The fourth-order valence-electron chi connectivity index (χ4n) is 1.59. The molecular formula is C15H28O5. The van der Waals surface area contributed by atoms with E-state index in [4.69, 9.17) is 14.2 Å². The number of esters is 2. The van der Waals surface area contributed by atoms with E-state index in [1.54, 1.807) is 7.11 Å². The Balaban J connectivity index is 3.74. The summed E-state index contributed by atoms with van der Waals surface area (Å²) in [5, 5.41) is 0. The number of ether oxygens (including phenoxy) is 3. The van der Waals surface area contributed by atoms with Crippen LogP contribution in [0.1, 0.15) is 52.9 Å². The summed E-state index contributed by atoms with van der Waals surface area (Å²) in [4.78, 5) is 22.9. The van der Waals surface area contributed by atoms with Crippen LogP contribution in [-0.2, 0) is 23.8 Å². The standard InChI is InChI=1S/C15H28O5/c1-5-10-19-14(16)7-6-8-15(17)20-13(3)12(2)9-11-18-4/h12-13H,5-11H2,1-4H3. The van der Waals surface area contributed by atoms with Crippen LogP contribution in [0.25, 0.3) is 0 Å². The molecule has 20 heavy (non-hydrogen) atoms. The van der Waals surface area contributed by atoms with Crippen molar-refractivity contribution in [2.75, 3.05) is 20.3 Å². The molecule has 0 amide bonds. The molecule has 0 spiro atoms. The zero-order valence-electron chi connectivity index (χ0n) is 13.1. The number of hydrogen-bond donors (Lipinski definition) is 0. The largest absolute Gasteiger partial charge is 0.466 e. The van der Waals surface area contributed by atoms with Gasteiger partial charge in [0, 0.05) is 26.6 Å². The highest BCUT2D eigenvalue weighted by Crippen LogP contribution is 2.13. The molecule has 118 valence electrons. The average molecular weight is 288 g/mol. The van der Waals surface area contributed by atoms with E-state index in [-0.39, 0.29) is 36.8 Å². The van der Waals surface area contributed by atoms with Crippen LogP contribution in [0.5, 0.6) is 0 Å². The minimum Gasteiger partial charge on any atom is -0.466 e. The number of hydrogen-bond acceptors (Lipinski definition) is 5. The van der Waals surface area contributed by atoms with Crippen molar-refractivity contribution in [1.29, 1.82) is 0 Å². The minimum absolute atomic E-state index is 0.135. The molecule has 0 saturated carbocycles. The Labute approximate surface area is 122 Å². The van der Waals surface area contributed by atoms with Gasteiger partial charge in [0.1, 0.15) is 6.10 Å². The van der Waals surface area contributed by atoms with E-state index in [9.17, 15) is 9.59 Å². The Hall–Kier alpha value is -1.10. The Morgan fingerprint density at radius 1 is 1.05 bits per heavy atom. The van der Waals surface area contributed by atoms with Crippen molar-refractivity contribution in [3.05, 3.63) is 0 Å². The van der Waals surface area contributed by atoms with Gasteiger partial charge in [-0.05, 0) is 32.1 Å². The summed E-state index contributed by atoms with van der Waals surface area (Å²) in [6.07, 6.45) is 2.52. The zero-order valence-corrected chi connectivity index (χ0v) is 13.1. The molecular weight excluding hydrogens is 260 g/mol. The lowest BCUT2D eigenvalue weighted by Crippen LogP contribution is -2.23. The summed E-state index contributed by atoms with van der Waals surface area (Å²) in [5.41, 5.74) is 0. The molecule has 0 aromatic heterocycles. The Morgan fingerprint density at radius 2 is 1.70 bits per heavy atom. The van der Waals surface area contributed by atoms with Gasteiger partial charge in [-0.2, -0.15) is 0 Å². The number of methoxy groups -OCH3 is 1. The predicted molar refractivity (Wildman–Crippen MR) is 76.3 cm³/mol. The summed E-state index contributed by atoms with van der Waals surface area (Å²) in [5.74, 6) is -0.250. The van der Waals surface area contributed by atoms with Gasteiger partial charge >= 0.3 is 11.9 Å². The average Bonchev–Trinajstić information content (AvgIpc) is 2.42. The van der Waals surface area contributed by atoms with Crippen molar-refractivity contribution in [2.24, 2.45) is 5.92 Å². The molecule has 0 aromatic rings. The summed E-state index contributed by atoms with van der Waals surface area (Å²) in [6.45, 7) is 6.95. The Bertz CT molecular complexity index is 277. The molecule has 0 saturated heterocycles. The SMILES string of the molecule is CCCOC(=O)CCCC(=O)OC(C)C(C)CCOC. The fraction of sp³-hybridized carbons (Fsp3) is 0.867. The molecule has 0 aromatic carbocycles. The quantitative estimate of drug-likeness (QED) is 0.547. The van der Waals surface area contributed by atoms with Crippen LogP contribution in [0.4, 0.5) is 0 Å². The van der Waals surface area contributed by atoms with Gasteiger partial charge < -0.3 is 14.2 Å². The van der Waals surface area contributed by atoms with Crippen molar-refractivity contribution in [3.8, 4) is 0 Å². The normalized spacial score (nSPS) is 13.6. The van der Waals surface area contributed by atoms with Crippen LogP contribution in [0, 0.1) is 5.92 Å². The molecule has 0 aliphatic rings. The first kappa shape index (κ1) is 18.9. The highest BCUT2D eigenvalue weighted by atomic mass is 16.5. The molecule has 0 bridgehead atoms. The topological polar surface area (TPSA) is 61.8 Å². The lowest BCUT2D eigenvalue weighted by atomic mass is 10.0. The lowest BCUT2D eigenvalue weighted by Gasteiger charge is -2.20. The first-order valence-electron chi connectivity index (χ1n) is 7.35. The van der Waals surface area contributed by atoms with Gasteiger partial charge in [0.2, 0.25) is 0 Å². The van der Waals surface area contributed by atoms with Gasteiger partial charge in [-0.1, -0.05) is 13.8 Å². The maximum Gasteiger partial charge on any atom is 0.306 e. The van der Waals surface area contributed by atoms with E-state index in [1.807, 2.05) is 20.8 Å². The molecule has 0 heterocycles. The van der Waals surface area contributed by atoms with Crippen molar-refractivity contribution in [1.82, 2.24) is 0 Å². The Morgan fingerprint density at radius 3 is 2.30 bits per heavy atom. The second-order valence-corrected chi connectivity index (χ2v) is 5.03. The van der Waals surface area contributed by atoms with Gasteiger partial charge in [-0.3, -0.25) is 9.59 Å². The fourth-order valence-corrected chi connectivity index (χ4v) is 1.59. The van der Waals surface area contributed by atoms with Gasteiger partial charge in [0.05, 0.1) is 6.61 Å². The third-order valence-corrected chi connectivity index (χ3v) is 3.12. The van der Waals surface area contributed by atoms with Crippen molar-refractivity contribution >= 4 is 11.9 Å². The zero-order chi connectivity index (χ0) is 15.4. The summed E-state index contributed by atoms with van der Waals surface area (Å²) < 4.78 is 15.3. The van der Waals surface area contributed by atoms with Crippen molar-refractivity contribution in [2.45, 2.75) is 59.0 Å². The van der Waals surface area contributed by atoms with Gasteiger partial charge in [0.25, 0.3) is 0 Å². The molecule has 0 radical (unpaired) electrons. The predicted octanol–water partition coefficient (Wildman–Crippen LogP) is 2.71. The second-order valence-electron chi connectivity index (χ2n) is 5.03. The van der Waals surface area contributed by atoms with E-state index < -0.39 is 0 Å². The van der Waals surface area contributed by atoms with E-state index in [0.29, 0.717) is 19.6 Å². The number of carbonyl (C=O) groups excluding carboxylic acids is 2.